The minimum atomic E-state index is -0.103. The first-order valence-electron chi connectivity index (χ1n) is 12.4. The van der Waals surface area contributed by atoms with Crippen LogP contribution in [-0.4, -0.2) is 37.2 Å². The highest BCUT2D eigenvalue weighted by Gasteiger charge is 2.29. The normalized spacial score (nSPS) is 15.6. The lowest BCUT2D eigenvalue weighted by atomic mass is 9.95. The lowest BCUT2D eigenvalue weighted by Crippen LogP contribution is -2.33. The topological polar surface area (TPSA) is 102 Å². The predicted molar refractivity (Wildman–Crippen MR) is 132 cm³/mol. The van der Waals surface area contributed by atoms with Crippen molar-refractivity contribution in [1.82, 2.24) is 30.1 Å². The van der Waals surface area contributed by atoms with Crippen LogP contribution in [0.25, 0.3) is 10.9 Å². The third-order valence-electron chi connectivity index (χ3n) is 7.01. The SMILES string of the molecule is CC[C@@H](c1nnnn1C1CCCCC1)N(Cc1ccco1)Cc1cc2cc(OC)ccc2[nH]c1=O. The van der Waals surface area contributed by atoms with Gasteiger partial charge in [-0.1, -0.05) is 26.2 Å². The molecule has 1 N–H and O–H groups in total. The number of furan rings is 1. The van der Waals surface area contributed by atoms with E-state index in [0.29, 0.717) is 24.7 Å². The first kappa shape index (κ1) is 23.3. The van der Waals surface area contributed by atoms with Crippen molar-refractivity contribution in [3.63, 3.8) is 0 Å². The van der Waals surface area contributed by atoms with E-state index in [9.17, 15) is 4.79 Å². The number of rotatable bonds is 9. The lowest BCUT2D eigenvalue weighted by Gasteiger charge is -2.31. The maximum atomic E-state index is 13.1. The van der Waals surface area contributed by atoms with Crippen LogP contribution in [-0.2, 0) is 13.1 Å². The number of ether oxygens (including phenoxy) is 1. The number of hydrogen-bond acceptors (Lipinski definition) is 7. The van der Waals surface area contributed by atoms with E-state index in [1.165, 1.54) is 19.3 Å². The first-order chi connectivity index (χ1) is 17.2. The highest BCUT2D eigenvalue weighted by molar-refractivity contribution is 5.80. The van der Waals surface area contributed by atoms with Gasteiger partial charge in [0.2, 0.25) is 0 Å². The van der Waals surface area contributed by atoms with Gasteiger partial charge in [0.25, 0.3) is 5.56 Å². The molecular weight excluding hydrogens is 444 g/mol. The Morgan fingerprint density at radius 3 is 2.80 bits per heavy atom. The highest BCUT2D eigenvalue weighted by Crippen LogP contribution is 2.33. The molecule has 35 heavy (non-hydrogen) atoms. The number of hydrogen-bond donors (Lipinski definition) is 1. The molecule has 0 bridgehead atoms. The molecule has 0 aliphatic heterocycles. The Labute approximate surface area is 204 Å². The molecule has 184 valence electrons. The van der Waals surface area contributed by atoms with Crippen molar-refractivity contribution in [2.24, 2.45) is 0 Å². The van der Waals surface area contributed by atoms with Gasteiger partial charge in [-0.15, -0.1) is 5.10 Å². The average molecular weight is 477 g/mol. The summed E-state index contributed by atoms with van der Waals surface area (Å²) in [6.07, 6.45) is 8.34. The van der Waals surface area contributed by atoms with Crippen molar-refractivity contribution in [1.29, 1.82) is 0 Å². The molecule has 9 nitrogen and oxygen atoms in total. The molecule has 4 aromatic rings. The molecule has 0 radical (unpaired) electrons. The summed E-state index contributed by atoms with van der Waals surface area (Å²) in [6, 6.07) is 11.7. The molecule has 1 aliphatic carbocycles. The number of methoxy groups -OCH3 is 1. The van der Waals surface area contributed by atoms with Crippen molar-refractivity contribution in [3.05, 3.63) is 70.2 Å². The maximum Gasteiger partial charge on any atom is 0.252 e. The molecule has 1 aromatic carbocycles. The van der Waals surface area contributed by atoms with Gasteiger partial charge in [0, 0.05) is 23.0 Å². The van der Waals surface area contributed by atoms with E-state index in [0.717, 1.165) is 47.5 Å². The van der Waals surface area contributed by atoms with Gasteiger partial charge in [0.15, 0.2) is 5.82 Å². The number of benzene rings is 1. The number of nitrogens with zero attached hydrogens (tertiary/aromatic N) is 5. The maximum absolute atomic E-state index is 13.1. The predicted octanol–water partition coefficient (Wildman–Crippen LogP) is 4.77. The van der Waals surface area contributed by atoms with Crippen LogP contribution in [0.3, 0.4) is 0 Å². The fourth-order valence-electron chi connectivity index (χ4n) is 5.18. The van der Waals surface area contributed by atoms with Gasteiger partial charge in [-0.25, -0.2) is 4.68 Å². The van der Waals surface area contributed by atoms with E-state index in [2.05, 4.69) is 32.3 Å². The van der Waals surface area contributed by atoms with Crippen molar-refractivity contribution in [2.75, 3.05) is 7.11 Å². The molecule has 9 heteroatoms. The van der Waals surface area contributed by atoms with Gasteiger partial charge in [-0.3, -0.25) is 9.69 Å². The molecule has 1 fully saturated rings. The van der Waals surface area contributed by atoms with Gasteiger partial charge in [-0.2, -0.15) is 0 Å². The molecule has 0 spiro atoms. The number of H-pyrrole nitrogens is 1. The molecule has 3 heterocycles. The van der Waals surface area contributed by atoms with Crippen LogP contribution >= 0.6 is 0 Å². The van der Waals surface area contributed by atoms with E-state index >= 15 is 0 Å². The van der Waals surface area contributed by atoms with Gasteiger partial charge in [0.05, 0.1) is 32.0 Å². The van der Waals surface area contributed by atoms with Gasteiger partial charge in [-0.05, 0) is 66.1 Å². The summed E-state index contributed by atoms with van der Waals surface area (Å²) >= 11 is 0. The second-order valence-electron chi connectivity index (χ2n) is 9.26. The summed E-state index contributed by atoms with van der Waals surface area (Å²) in [4.78, 5) is 18.3. The Morgan fingerprint density at radius 1 is 1.20 bits per heavy atom. The summed E-state index contributed by atoms with van der Waals surface area (Å²) in [5, 5.41) is 13.9. The molecule has 5 rings (SSSR count). The Balaban J connectivity index is 1.51. The van der Waals surface area contributed by atoms with E-state index < -0.39 is 0 Å². The number of pyridine rings is 1. The number of tetrazole rings is 1. The number of fused-ring (bicyclic) bond motifs is 1. The van der Waals surface area contributed by atoms with Crippen LogP contribution in [0, 0.1) is 0 Å². The second-order valence-corrected chi connectivity index (χ2v) is 9.26. The zero-order chi connectivity index (χ0) is 24.2. The second kappa shape index (κ2) is 10.4. The molecule has 1 aliphatic rings. The molecule has 0 saturated heterocycles. The van der Waals surface area contributed by atoms with E-state index in [1.54, 1.807) is 13.4 Å². The van der Waals surface area contributed by atoms with Crippen LogP contribution < -0.4 is 10.3 Å². The van der Waals surface area contributed by atoms with E-state index in [1.807, 2.05) is 41.1 Å². The summed E-state index contributed by atoms with van der Waals surface area (Å²) in [5.74, 6) is 2.44. The molecule has 1 saturated carbocycles. The minimum absolute atomic E-state index is 0.0718. The van der Waals surface area contributed by atoms with Crippen LogP contribution in [0.1, 0.15) is 74.7 Å². The standard InChI is InChI=1S/C26H32N6O3/c1-3-24(25-28-29-30-32(25)20-8-5-4-6-9-20)31(17-22-10-7-13-35-22)16-19-14-18-15-21(34-2)11-12-23(18)27-26(19)33/h7,10-15,20,24H,3-6,8-9,16-17H2,1-2H3,(H,27,33)/t24-/m0/s1. The van der Waals surface area contributed by atoms with E-state index in [-0.39, 0.29) is 11.6 Å². The molecule has 0 unspecified atom stereocenters. The quantitative estimate of drug-likeness (QED) is 0.371. The van der Waals surface area contributed by atoms with Crippen LogP contribution in [0.4, 0.5) is 0 Å². The Bertz CT molecular complexity index is 1310. The Hall–Kier alpha value is -3.46. The Kier molecular flexibility index (Phi) is 6.94. The lowest BCUT2D eigenvalue weighted by molar-refractivity contribution is 0.144. The number of nitrogens with one attached hydrogen (secondary N) is 1. The third-order valence-corrected chi connectivity index (χ3v) is 7.01. The van der Waals surface area contributed by atoms with Gasteiger partial charge >= 0.3 is 0 Å². The molecule has 3 aromatic heterocycles. The van der Waals surface area contributed by atoms with Crippen molar-refractivity contribution >= 4 is 10.9 Å². The fraction of sp³-hybridized carbons (Fsp3) is 0.462. The summed E-state index contributed by atoms with van der Waals surface area (Å²) in [6.45, 7) is 3.10. The zero-order valence-corrected chi connectivity index (χ0v) is 20.3. The number of aromatic amines is 1. The smallest absolute Gasteiger partial charge is 0.252 e. The molecule has 0 amide bonds. The van der Waals surface area contributed by atoms with E-state index in [4.69, 9.17) is 9.15 Å². The fourth-order valence-corrected chi connectivity index (χ4v) is 5.18. The van der Waals surface area contributed by atoms with Crippen molar-refractivity contribution in [2.45, 2.75) is 70.6 Å². The van der Waals surface area contributed by atoms with Crippen LogP contribution in [0.2, 0.25) is 0 Å². The van der Waals surface area contributed by atoms with Crippen LogP contribution in [0.5, 0.6) is 5.75 Å². The summed E-state index contributed by atoms with van der Waals surface area (Å²) in [5.41, 5.74) is 1.35. The first-order valence-corrected chi connectivity index (χ1v) is 12.4. The monoisotopic (exact) mass is 476 g/mol. The Morgan fingerprint density at radius 2 is 2.06 bits per heavy atom. The average Bonchev–Trinajstić information content (AvgIpc) is 3.58. The van der Waals surface area contributed by atoms with Crippen molar-refractivity contribution < 1.29 is 9.15 Å². The van der Waals surface area contributed by atoms with Crippen molar-refractivity contribution in [3.8, 4) is 5.75 Å². The van der Waals surface area contributed by atoms with Crippen LogP contribution in [0.15, 0.2) is 51.9 Å². The zero-order valence-electron chi connectivity index (χ0n) is 20.3. The third kappa shape index (κ3) is 5.00. The minimum Gasteiger partial charge on any atom is -0.497 e. The highest BCUT2D eigenvalue weighted by atomic mass is 16.5. The van der Waals surface area contributed by atoms with Gasteiger partial charge in [0.1, 0.15) is 11.5 Å². The molecular formula is C26H32N6O3. The molecule has 1 atom stereocenters. The summed E-state index contributed by atoms with van der Waals surface area (Å²) < 4.78 is 13.1. The largest absolute Gasteiger partial charge is 0.497 e. The van der Waals surface area contributed by atoms with Gasteiger partial charge < -0.3 is 14.1 Å². The number of aromatic nitrogens is 5. The summed E-state index contributed by atoms with van der Waals surface area (Å²) in [7, 11) is 1.64.